The van der Waals surface area contributed by atoms with Gasteiger partial charge in [0.2, 0.25) is 5.78 Å². The van der Waals surface area contributed by atoms with E-state index in [1.807, 2.05) is 54.6 Å². The number of Topliss-reactive ketones (excluding diaryl/α,β-unsaturated/α-hetero) is 1. The van der Waals surface area contributed by atoms with Gasteiger partial charge in [-0.05, 0) is 65.0 Å². The number of H-pyrrole nitrogens is 1. The molecule has 5 aromatic rings. The van der Waals surface area contributed by atoms with Crippen LogP contribution in [0, 0.1) is 11.3 Å². The van der Waals surface area contributed by atoms with E-state index >= 15 is 0 Å². The number of hydrogen-bond acceptors (Lipinski definition) is 5. The molecule has 1 atom stereocenters. The highest BCUT2D eigenvalue weighted by atomic mass is 32.1. The van der Waals surface area contributed by atoms with Crippen LogP contribution in [0.3, 0.4) is 0 Å². The Morgan fingerprint density at radius 2 is 1.79 bits per heavy atom. The normalized spacial score (nSPS) is 16.5. The number of aromatic amines is 1. The van der Waals surface area contributed by atoms with Crippen LogP contribution in [0.15, 0.2) is 72.2 Å². The molecule has 0 saturated carbocycles. The number of ketones is 1. The van der Waals surface area contributed by atoms with Gasteiger partial charge in [0.15, 0.2) is 6.61 Å². The highest BCUT2D eigenvalue weighted by Crippen LogP contribution is 2.45. The van der Waals surface area contributed by atoms with Gasteiger partial charge in [0.05, 0.1) is 16.8 Å². The SMILES string of the molecule is CC(C)(C)C1CC(=Cc2cccs2)c2nc3ccccc3c(C(=O)OCC(=O)c3c[nH]c4ccccc34)c2C1. The maximum atomic E-state index is 13.8. The number of nitrogens with zero attached hydrogens (tertiary/aromatic N) is 1. The van der Waals surface area contributed by atoms with Crippen molar-refractivity contribution < 1.29 is 14.3 Å². The molecule has 2 aromatic carbocycles. The molecule has 1 unspecified atom stereocenters. The number of rotatable bonds is 5. The molecule has 0 amide bonds. The molecule has 196 valence electrons. The average molecular weight is 535 g/mol. The fourth-order valence-electron chi connectivity index (χ4n) is 5.50. The van der Waals surface area contributed by atoms with Crippen LogP contribution in [0.2, 0.25) is 0 Å². The number of pyridine rings is 1. The quantitative estimate of drug-likeness (QED) is 0.183. The monoisotopic (exact) mass is 534 g/mol. The summed E-state index contributed by atoms with van der Waals surface area (Å²) in [6.45, 7) is 6.42. The predicted octanol–water partition coefficient (Wildman–Crippen LogP) is 7.97. The third-order valence-electron chi connectivity index (χ3n) is 7.73. The molecule has 0 radical (unpaired) electrons. The summed E-state index contributed by atoms with van der Waals surface area (Å²) in [4.78, 5) is 36.3. The van der Waals surface area contributed by atoms with Crippen molar-refractivity contribution in [3.8, 4) is 0 Å². The van der Waals surface area contributed by atoms with Gasteiger partial charge in [0.25, 0.3) is 0 Å². The zero-order chi connectivity index (χ0) is 27.1. The molecule has 3 aromatic heterocycles. The van der Waals surface area contributed by atoms with Gasteiger partial charge in [-0.25, -0.2) is 9.78 Å². The van der Waals surface area contributed by atoms with E-state index in [-0.39, 0.29) is 17.8 Å². The standard InChI is InChI=1S/C33H30N2O3S/c1-33(2,3)21-15-20(16-22-9-8-14-39-22)31-25(17-21)30(24-11-5-7-13-28(24)35-31)32(37)38-19-29(36)26-18-34-27-12-6-4-10-23(26)27/h4-14,16,18,21,34H,15,17,19H2,1-3H3. The van der Waals surface area contributed by atoms with Gasteiger partial charge in [-0.15, -0.1) is 11.3 Å². The van der Waals surface area contributed by atoms with E-state index in [4.69, 9.17) is 9.72 Å². The summed E-state index contributed by atoms with van der Waals surface area (Å²) in [6.07, 6.45) is 5.49. The summed E-state index contributed by atoms with van der Waals surface area (Å²) in [6, 6.07) is 19.5. The van der Waals surface area contributed by atoms with Crippen molar-refractivity contribution in [3.63, 3.8) is 0 Å². The fraction of sp³-hybridized carbons (Fsp3) is 0.242. The summed E-state index contributed by atoms with van der Waals surface area (Å²) in [7, 11) is 0. The second kappa shape index (κ2) is 9.93. The van der Waals surface area contributed by atoms with E-state index < -0.39 is 5.97 Å². The first kappa shape index (κ1) is 25.3. The van der Waals surface area contributed by atoms with Crippen LogP contribution >= 0.6 is 11.3 Å². The van der Waals surface area contributed by atoms with Crippen LogP contribution in [0.1, 0.15) is 64.0 Å². The van der Waals surface area contributed by atoms with Gasteiger partial charge >= 0.3 is 5.97 Å². The zero-order valence-corrected chi connectivity index (χ0v) is 23.1. The lowest BCUT2D eigenvalue weighted by atomic mass is 9.69. The Bertz CT molecular complexity index is 1740. The number of thiophene rings is 1. The molecule has 6 rings (SSSR count). The first-order chi connectivity index (χ1) is 18.8. The zero-order valence-electron chi connectivity index (χ0n) is 22.3. The summed E-state index contributed by atoms with van der Waals surface area (Å²) in [5.41, 5.74) is 5.60. The first-order valence-electron chi connectivity index (χ1n) is 13.2. The predicted molar refractivity (Wildman–Crippen MR) is 158 cm³/mol. The molecule has 0 aliphatic heterocycles. The van der Waals surface area contributed by atoms with Crippen LogP contribution in [0.5, 0.6) is 0 Å². The fourth-order valence-corrected chi connectivity index (χ4v) is 6.18. The lowest BCUT2D eigenvalue weighted by Gasteiger charge is -2.36. The van der Waals surface area contributed by atoms with Gasteiger partial charge in [-0.2, -0.15) is 0 Å². The molecule has 1 aliphatic carbocycles. The van der Waals surface area contributed by atoms with Crippen molar-refractivity contribution in [2.75, 3.05) is 6.61 Å². The minimum Gasteiger partial charge on any atom is -0.454 e. The summed E-state index contributed by atoms with van der Waals surface area (Å²) >= 11 is 1.69. The molecule has 0 bridgehead atoms. The number of carbonyl (C=O) groups excluding carboxylic acids is 2. The number of esters is 1. The number of carbonyl (C=O) groups is 2. The van der Waals surface area contributed by atoms with Gasteiger partial charge < -0.3 is 9.72 Å². The minimum atomic E-state index is -0.483. The van der Waals surface area contributed by atoms with Crippen molar-refractivity contribution in [3.05, 3.63) is 99.5 Å². The van der Waals surface area contributed by atoms with Crippen LogP contribution in [-0.4, -0.2) is 28.3 Å². The molecule has 39 heavy (non-hydrogen) atoms. The van der Waals surface area contributed by atoms with Crippen molar-refractivity contribution >= 4 is 56.5 Å². The molecule has 1 aliphatic rings. The highest BCUT2D eigenvalue weighted by molar-refractivity contribution is 7.10. The maximum Gasteiger partial charge on any atom is 0.339 e. The Balaban J connectivity index is 1.41. The van der Waals surface area contributed by atoms with Crippen molar-refractivity contribution in [2.24, 2.45) is 11.3 Å². The largest absolute Gasteiger partial charge is 0.454 e. The number of benzene rings is 2. The molecular formula is C33H30N2O3S. The van der Waals surface area contributed by atoms with Gasteiger partial charge in [-0.3, -0.25) is 4.79 Å². The van der Waals surface area contributed by atoms with Crippen molar-refractivity contribution in [2.45, 2.75) is 33.6 Å². The number of allylic oxidation sites excluding steroid dienone is 1. The molecule has 1 N–H and O–H groups in total. The van der Waals surface area contributed by atoms with Crippen LogP contribution < -0.4 is 0 Å². The molecular weight excluding hydrogens is 504 g/mol. The van der Waals surface area contributed by atoms with E-state index in [1.54, 1.807) is 17.5 Å². The minimum absolute atomic E-state index is 0.0321. The molecule has 5 nitrogen and oxygen atoms in total. The van der Waals surface area contributed by atoms with Crippen LogP contribution in [0.25, 0.3) is 33.5 Å². The summed E-state index contributed by atoms with van der Waals surface area (Å²) in [5.74, 6) is -0.402. The van der Waals surface area contributed by atoms with Crippen LogP contribution in [0.4, 0.5) is 0 Å². The Labute approximate surface area is 231 Å². The Hall–Kier alpha value is -4.03. The number of ether oxygens (including phenoxy) is 1. The average Bonchev–Trinajstić information content (AvgIpc) is 3.60. The van der Waals surface area contributed by atoms with Crippen molar-refractivity contribution in [1.82, 2.24) is 9.97 Å². The smallest absolute Gasteiger partial charge is 0.339 e. The summed E-state index contributed by atoms with van der Waals surface area (Å²) in [5, 5.41) is 3.64. The summed E-state index contributed by atoms with van der Waals surface area (Å²) < 4.78 is 5.75. The second-order valence-electron chi connectivity index (χ2n) is 11.2. The van der Waals surface area contributed by atoms with Gasteiger partial charge in [0, 0.05) is 32.9 Å². The third kappa shape index (κ3) is 4.81. The van der Waals surface area contributed by atoms with Gasteiger partial charge in [0.1, 0.15) is 0 Å². The lowest BCUT2D eigenvalue weighted by molar-refractivity contribution is 0.0475. The third-order valence-corrected chi connectivity index (χ3v) is 8.55. The van der Waals surface area contributed by atoms with E-state index in [2.05, 4.69) is 43.3 Å². The first-order valence-corrected chi connectivity index (χ1v) is 14.1. The maximum absolute atomic E-state index is 13.8. The topological polar surface area (TPSA) is 72.0 Å². The lowest BCUT2D eigenvalue weighted by Crippen LogP contribution is -2.29. The highest BCUT2D eigenvalue weighted by Gasteiger charge is 2.35. The van der Waals surface area contributed by atoms with E-state index in [0.29, 0.717) is 17.0 Å². The Kier molecular flexibility index (Phi) is 6.43. The molecule has 3 heterocycles. The molecule has 0 spiro atoms. The van der Waals surface area contributed by atoms with E-state index in [0.717, 1.165) is 56.4 Å². The number of hydrogen-bond donors (Lipinski definition) is 1. The second-order valence-corrected chi connectivity index (χ2v) is 12.2. The number of aromatic nitrogens is 2. The van der Waals surface area contributed by atoms with Gasteiger partial charge in [-0.1, -0.05) is 63.2 Å². The Morgan fingerprint density at radius 3 is 2.56 bits per heavy atom. The van der Waals surface area contributed by atoms with Crippen LogP contribution in [-0.2, 0) is 11.2 Å². The molecule has 0 saturated heterocycles. The van der Waals surface area contributed by atoms with E-state index in [1.165, 1.54) is 0 Å². The Morgan fingerprint density at radius 1 is 1.03 bits per heavy atom. The number of fused-ring (bicyclic) bond motifs is 3. The van der Waals surface area contributed by atoms with E-state index in [9.17, 15) is 9.59 Å². The molecule has 6 heteroatoms. The number of para-hydroxylation sites is 2. The molecule has 0 fully saturated rings. The number of nitrogens with one attached hydrogen (secondary N) is 1. The van der Waals surface area contributed by atoms with Crippen molar-refractivity contribution in [1.29, 1.82) is 0 Å².